The quantitative estimate of drug-likeness (QED) is 0.890. The number of thiazole rings is 1. The van der Waals surface area contributed by atoms with Crippen LogP contribution < -0.4 is 5.32 Å². The number of imidazole rings is 1. The Balaban J connectivity index is 1.65. The van der Waals surface area contributed by atoms with Crippen molar-refractivity contribution < 1.29 is 14.7 Å². The standard InChI is InChI=1S/C13H15N3O3S/c17-11(15-10-3-1-2-9(10)12(18)19)6-8-7-20-13-14-4-5-16(8)13/h4-5,7,9-10H,1-3,6H2,(H,15,17)(H,18,19)/t9-,10+/m1/s1. The van der Waals surface area contributed by atoms with Crippen molar-refractivity contribution in [2.45, 2.75) is 31.7 Å². The van der Waals surface area contributed by atoms with Gasteiger partial charge in [0.2, 0.25) is 5.91 Å². The number of nitrogens with one attached hydrogen (secondary N) is 1. The number of fused-ring (bicyclic) bond motifs is 1. The first-order valence-electron chi connectivity index (χ1n) is 6.57. The highest BCUT2D eigenvalue weighted by Gasteiger charge is 2.33. The number of nitrogens with zero attached hydrogens (tertiary/aromatic N) is 2. The Bertz CT molecular complexity index is 648. The molecule has 3 rings (SSSR count). The maximum Gasteiger partial charge on any atom is 0.308 e. The second-order valence-corrected chi connectivity index (χ2v) is 5.87. The predicted molar refractivity (Wildman–Crippen MR) is 73.7 cm³/mol. The molecule has 106 valence electrons. The van der Waals surface area contributed by atoms with Gasteiger partial charge in [-0.15, -0.1) is 11.3 Å². The van der Waals surface area contributed by atoms with Gasteiger partial charge in [-0.3, -0.25) is 14.0 Å². The minimum Gasteiger partial charge on any atom is -0.481 e. The van der Waals surface area contributed by atoms with E-state index >= 15 is 0 Å². The molecule has 0 saturated heterocycles. The number of aliphatic carboxylic acids is 1. The smallest absolute Gasteiger partial charge is 0.308 e. The summed E-state index contributed by atoms with van der Waals surface area (Å²) in [7, 11) is 0. The molecule has 2 N–H and O–H groups in total. The first-order valence-corrected chi connectivity index (χ1v) is 7.44. The van der Waals surface area contributed by atoms with Crippen molar-refractivity contribution in [3.63, 3.8) is 0 Å². The maximum absolute atomic E-state index is 12.1. The highest BCUT2D eigenvalue weighted by molar-refractivity contribution is 7.15. The van der Waals surface area contributed by atoms with Crippen molar-refractivity contribution >= 4 is 28.2 Å². The number of hydrogen-bond donors (Lipinski definition) is 2. The fourth-order valence-corrected chi connectivity index (χ4v) is 3.60. The number of carbonyl (C=O) groups is 2. The number of carboxylic acids is 1. The van der Waals surface area contributed by atoms with Crippen LogP contribution in [0.2, 0.25) is 0 Å². The lowest BCUT2D eigenvalue weighted by molar-refractivity contribution is -0.142. The second kappa shape index (κ2) is 5.24. The lowest BCUT2D eigenvalue weighted by Crippen LogP contribution is -2.40. The van der Waals surface area contributed by atoms with Crippen molar-refractivity contribution in [2.24, 2.45) is 5.92 Å². The Hall–Kier alpha value is -1.89. The van der Waals surface area contributed by atoms with Gasteiger partial charge in [0.05, 0.1) is 12.3 Å². The van der Waals surface area contributed by atoms with E-state index in [4.69, 9.17) is 5.11 Å². The first kappa shape index (κ1) is 13.1. The van der Waals surface area contributed by atoms with E-state index in [0.717, 1.165) is 23.5 Å². The molecule has 0 spiro atoms. The van der Waals surface area contributed by atoms with Gasteiger partial charge >= 0.3 is 5.97 Å². The van der Waals surface area contributed by atoms with E-state index in [2.05, 4.69) is 10.3 Å². The summed E-state index contributed by atoms with van der Waals surface area (Å²) in [6.45, 7) is 0. The Morgan fingerprint density at radius 1 is 1.50 bits per heavy atom. The van der Waals surface area contributed by atoms with Crippen molar-refractivity contribution in [2.75, 3.05) is 0 Å². The summed E-state index contributed by atoms with van der Waals surface area (Å²) in [6.07, 6.45) is 6.01. The van der Waals surface area contributed by atoms with E-state index in [1.807, 2.05) is 16.0 Å². The molecule has 0 unspecified atom stereocenters. The molecule has 6 nitrogen and oxygen atoms in total. The molecule has 0 aromatic carbocycles. The van der Waals surface area contributed by atoms with Crippen LogP contribution in [0.5, 0.6) is 0 Å². The molecule has 1 aliphatic carbocycles. The van der Waals surface area contributed by atoms with Crippen molar-refractivity contribution in [1.82, 2.24) is 14.7 Å². The monoisotopic (exact) mass is 293 g/mol. The van der Waals surface area contributed by atoms with Crippen molar-refractivity contribution in [3.05, 3.63) is 23.5 Å². The van der Waals surface area contributed by atoms with Gasteiger partial charge in [-0.05, 0) is 12.8 Å². The lowest BCUT2D eigenvalue weighted by Gasteiger charge is -2.17. The second-order valence-electron chi connectivity index (χ2n) is 5.03. The number of aromatic nitrogens is 2. The maximum atomic E-state index is 12.1. The van der Waals surface area contributed by atoms with Gasteiger partial charge in [0.1, 0.15) is 0 Å². The molecule has 1 saturated carbocycles. The number of hydrogen-bond acceptors (Lipinski definition) is 4. The molecule has 20 heavy (non-hydrogen) atoms. The fourth-order valence-electron chi connectivity index (χ4n) is 2.75. The molecule has 2 aromatic heterocycles. The largest absolute Gasteiger partial charge is 0.481 e. The van der Waals surface area contributed by atoms with Crippen LogP contribution in [-0.2, 0) is 16.0 Å². The van der Waals surface area contributed by atoms with Crippen LogP contribution >= 0.6 is 11.3 Å². The minimum atomic E-state index is -0.819. The summed E-state index contributed by atoms with van der Waals surface area (Å²) < 4.78 is 1.88. The van der Waals surface area contributed by atoms with Crippen LogP contribution in [0.15, 0.2) is 17.8 Å². The van der Waals surface area contributed by atoms with E-state index in [-0.39, 0.29) is 18.4 Å². The fraction of sp³-hybridized carbons (Fsp3) is 0.462. The van der Waals surface area contributed by atoms with Gasteiger partial charge in [-0.1, -0.05) is 6.42 Å². The molecule has 0 aliphatic heterocycles. The third-order valence-electron chi connectivity index (χ3n) is 3.74. The Labute approximate surface area is 119 Å². The average molecular weight is 293 g/mol. The third kappa shape index (κ3) is 2.40. The highest BCUT2D eigenvalue weighted by Crippen LogP contribution is 2.26. The zero-order chi connectivity index (χ0) is 14.1. The number of carboxylic acid groups (broad SMARTS) is 1. The molecule has 2 atom stereocenters. The van der Waals surface area contributed by atoms with Crippen LogP contribution in [0.4, 0.5) is 0 Å². The molecular weight excluding hydrogens is 278 g/mol. The van der Waals surface area contributed by atoms with E-state index in [9.17, 15) is 9.59 Å². The summed E-state index contributed by atoms with van der Waals surface area (Å²) >= 11 is 1.49. The predicted octanol–water partition coefficient (Wildman–Crippen LogP) is 1.31. The molecule has 1 fully saturated rings. The molecule has 0 radical (unpaired) electrons. The Kier molecular flexibility index (Phi) is 3.43. The summed E-state index contributed by atoms with van der Waals surface area (Å²) in [5.74, 6) is -1.40. The lowest BCUT2D eigenvalue weighted by atomic mass is 10.0. The molecule has 2 heterocycles. The topological polar surface area (TPSA) is 83.7 Å². The molecule has 1 amide bonds. The molecule has 2 aromatic rings. The summed E-state index contributed by atoms with van der Waals surface area (Å²) in [6, 6.07) is -0.239. The Morgan fingerprint density at radius 3 is 3.15 bits per heavy atom. The van der Waals surface area contributed by atoms with Gasteiger partial charge in [-0.25, -0.2) is 4.98 Å². The molecule has 0 bridgehead atoms. The summed E-state index contributed by atoms with van der Waals surface area (Å²) in [5, 5.41) is 13.9. The normalized spacial score (nSPS) is 22.2. The molecular formula is C13H15N3O3S. The molecule has 1 aliphatic rings. The van der Waals surface area contributed by atoms with Crippen molar-refractivity contribution in [1.29, 1.82) is 0 Å². The minimum absolute atomic E-state index is 0.128. The first-order chi connectivity index (χ1) is 9.65. The average Bonchev–Trinajstić information content (AvgIpc) is 3.06. The van der Waals surface area contributed by atoms with Gasteiger partial charge in [0, 0.05) is 29.5 Å². The summed E-state index contributed by atoms with van der Waals surface area (Å²) in [5.41, 5.74) is 0.880. The van der Waals surface area contributed by atoms with E-state index in [0.29, 0.717) is 6.42 Å². The van der Waals surface area contributed by atoms with Crippen LogP contribution in [-0.4, -0.2) is 32.4 Å². The zero-order valence-corrected chi connectivity index (χ0v) is 11.6. The number of amides is 1. The van der Waals surface area contributed by atoms with Gasteiger partial charge in [0.25, 0.3) is 0 Å². The SMILES string of the molecule is O=C(Cc1csc2nccn12)N[C@H]1CCC[C@H]1C(=O)O. The summed E-state index contributed by atoms with van der Waals surface area (Å²) in [4.78, 5) is 28.2. The van der Waals surface area contributed by atoms with Crippen LogP contribution in [0.3, 0.4) is 0 Å². The van der Waals surface area contributed by atoms with E-state index in [1.54, 1.807) is 6.20 Å². The molecule has 7 heteroatoms. The van der Waals surface area contributed by atoms with E-state index in [1.165, 1.54) is 11.3 Å². The van der Waals surface area contributed by atoms with Gasteiger partial charge < -0.3 is 10.4 Å². The van der Waals surface area contributed by atoms with E-state index < -0.39 is 11.9 Å². The third-order valence-corrected chi connectivity index (χ3v) is 4.64. The van der Waals surface area contributed by atoms with Gasteiger partial charge in [-0.2, -0.15) is 0 Å². The van der Waals surface area contributed by atoms with Gasteiger partial charge in [0.15, 0.2) is 4.96 Å². The zero-order valence-electron chi connectivity index (χ0n) is 10.8. The number of rotatable bonds is 4. The van der Waals surface area contributed by atoms with Crippen LogP contribution in [0.25, 0.3) is 4.96 Å². The Morgan fingerprint density at radius 2 is 2.35 bits per heavy atom. The van der Waals surface area contributed by atoms with Crippen LogP contribution in [0.1, 0.15) is 25.0 Å². The van der Waals surface area contributed by atoms with Crippen LogP contribution in [0, 0.1) is 5.92 Å². The highest BCUT2D eigenvalue weighted by atomic mass is 32.1. The van der Waals surface area contributed by atoms with Crippen molar-refractivity contribution in [3.8, 4) is 0 Å². The number of carbonyl (C=O) groups excluding carboxylic acids is 1.